The zero-order valence-corrected chi connectivity index (χ0v) is 16.2. The van der Waals surface area contributed by atoms with Gasteiger partial charge in [0, 0.05) is 29.4 Å². The maximum Gasteiger partial charge on any atom is 0.336 e. The Bertz CT molecular complexity index is 1290. The molecular weight excluding hydrogens is 366 g/mol. The molecule has 0 radical (unpaired) electrons. The number of likely N-dealkylation sites (N-methyl/N-ethyl adjacent to an activating group) is 1. The number of nitrogens with zero attached hydrogens (tertiary/aromatic N) is 3. The largest absolute Gasteiger partial charge is 0.336 e. The van der Waals surface area contributed by atoms with Crippen molar-refractivity contribution < 1.29 is 4.79 Å². The summed E-state index contributed by atoms with van der Waals surface area (Å²) in [4.78, 5) is 39.7. The van der Waals surface area contributed by atoms with Crippen molar-refractivity contribution in [1.82, 2.24) is 13.9 Å². The summed E-state index contributed by atoms with van der Waals surface area (Å²) >= 11 is 0. The molecule has 0 saturated carbocycles. The number of ketones is 1. The molecule has 0 atom stereocenters. The van der Waals surface area contributed by atoms with Crippen molar-refractivity contribution in [3.8, 4) is 0 Å². The van der Waals surface area contributed by atoms with Crippen molar-refractivity contribution in [3.63, 3.8) is 0 Å². The molecular formula is C20H20ClN3O3. The summed E-state index contributed by atoms with van der Waals surface area (Å²) < 4.78 is 2.89. The van der Waals surface area contributed by atoms with Crippen molar-refractivity contribution >= 4 is 45.4 Å². The first-order valence-corrected chi connectivity index (χ1v) is 8.49. The lowest BCUT2D eigenvalue weighted by atomic mass is 10.1. The molecule has 7 heteroatoms. The van der Waals surface area contributed by atoms with Crippen molar-refractivity contribution in [2.24, 2.45) is 0 Å². The number of hydrogen-bond donors (Lipinski definition) is 0. The smallest absolute Gasteiger partial charge is 0.308 e. The Kier molecular flexibility index (Phi) is 4.80. The molecule has 0 spiro atoms. The van der Waals surface area contributed by atoms with Crippen molar-refractivity contribution in [2.45, 2.75) is 13.5 Å². The maximum absolute atomic E-state index is 13.1. The predicted molar refractivity (Wildman–Crippen MR) is 110 cm³/mol. The molecule has 2 aromatic carbocycles. The van der Waals surface area contributed by atoms with E-state index in [-0.39, 0.29) is 29.4 Å². The Morgan fingerprint density at radius 1 is 1.04 bits per heavy atom. The second-order valence-corrected chi connectivity index (χ2v) is 6.87. The highest BCUT2D eigenvalue weighted by molar-refractivity contribution is 6.15. The van der Waals surface area contributed by atoms with Gasteiger partial charge >= 0.3 is 5.69 Å². The number of hydrogen-bond acceptors (Lipinski definition) is 4. The van der Waals surface area contributed by atoms with E-state index in [1.54, 1.807) is 28.7 Å². The van der Waals surface area contributed by atoms with Gasteiger partial charge in [0.25, 0.3) is 5.56 Å². The lowest BCUT2D eigenvalue weighted by molar-refractivity contribution is 0.101. The fourth-order valence-corrected chi connectivity index (χ4v) is 3.51. The van der Waals surface area contributed by atoms with Crippen molar-refractivity contribution in [2.75, 3.05) is 20.6 Å². The first-order valence-electron chi connectivity index (χ1n) is 8.49. The van der Waals surface area contributed by atoms with Crippen LogP contribution in [0.15, 0.2) is 46.0 Å². The highest BCUT2D eigenvalue weighted by atomic mass is 35.5. The summed E-state index contributed by atoms with van der Waals surface area (Å²) in [5.74, 6) is -0.0335. The second-order valence-electron chi connectivity index (χ2n) is 6.87. The van der Waals surface area contributed by atoms with Crippen LogP contribution in [-0.2, 0) is 6.54 Å². The second kappa shape index (κ2) is 6.79. The Morgan fingerprint density at radius 3 is 2.41 bits per heavy atom. The molecule has 0 N–H and O–H groups in total. The Labute approximate surface area is 161 Å². The average molecular weight is 386 g/mol. The van der Waals surface area contributed by atoms with Gasteiger partial charge in [-0.15, -0.1) is 12.4 Å². The van der Waals surface area contributed by atoms with E-state index in [0.29, 0.717) is 35.1 Å². The summed E-state index contributed by atoms with van der Waals surface area (Å²) in [6.07, 6.45) is 0. The van der Waals surface area contributed by atoms with Gasteiger partial charge in [0.1, 0.15) is 0 Å². The van der Waals surface area contributed by atoms with E-state index in [2.05, 4.69) is 0 Å². The molecule has 0 bridgehead atoms. The first kappa shape index (κ1) is 19.1. The number of para-hydroxylation sites is 1. The highest BCUT2D eigenvalue weighted by Crippen LogP contribution is 2.30. The zero-order chi connectivity index (χ0) is 18.6. The number of halogens is 1. The highest BCUT2D eigenvalue weighted by Gasteiger charge is 2.19. The van der Waals surface area contributed by atoms with Crippen LogP contribution in [0.1, 0.15) is 17.3 Å². The molecule has 4 rings (SSSR count). The van der Waals surface area contributed by atoms with Crippen molar-refractivity contribution in [3.05, 3.63) is 62.8 Å². The SMILES string of the molecule is CC(=O)c1ccc2c(c1)c1cccc3c(=O)n(CCN(C)C)c(=O)n2c31.Cl. The van der Waals surface area contributed by atoms with Crippen LogP contribution in [0.2, 0.25) is 0 Å². The average Bonchev–Trinajstić information content (AvgIpc) is 2.94. The molecule has 0 unspecified atom stereocenters. The van der Waals surface area contributed by atoms with Gasteiger partial charge < -0.3 is 4.90 Å². The van der Waals surface area contributed by atoms with Crippen LogP contribution in [0, 0.1) is 0 Å². The Morgan fingerprint density at radius 2 is 1.74 bits per heavy atom. The standard InChI is InChI=1S/C20H19N3O3.ClH/c1-12(24)13-7-8-17-16(11-13)14-5-4-6-15-18(14)23(17)20(26)22(19(15)25)10-9-21(2)3;/h4-8,11H,9-10H2,1-3H3;1H. The van der Waals surface area contributed by atoms with Gasteiger partial charge in [-0.25, -0.2) is 4.79 Å². The molecule has 0 aliphatic heterocycles. The summed E-state index contributed by atoms with van der Waals surface area (Å²) in [6, 6.07) is 10.8. The number of carbonyl (C=O) groups excluding carboxylic acids is 1. The Balaban J connectivity index is 0.00000210. The number of benzene rings is 2. The third-order valence-corrected chi connectivity index (χ3v) is 4.86. The number of Topliss-reactive ketones (excluding diaryl/α,β-unsaturated/α-hetero) is 1. The molecule has 6 nitrogen and oxygen atoms in total. The Hall–Kier alpha value is -2.70. The molecule has 140 valence electrons. The topological polar surface area (TPSA) is 63.8 Å². The lowest BCUT2D eigenvalue weighted by Gasteiger charge is -2.12. The van der Waals surface area contributed by atoms with Crippen LogP contribution < -0.4 is 11.2 Å². The minimum atomic E-state index is -0.342. The number of fused-ring (bicyclic) bond motifs is 3. The van der Waals surface area contributed by atoms with E-state index in [0.717, 1.165) is 10.8 Å². The van der Waals surface area contributed by atoms with Gasteiger partial charge in [0.2, 0.25) is 0 Å². The van der Waals surface area contributed by atoms with Gasteiger partial charge in [-0.1, -0.05) is 12.1 Å². The fourth-order valence-electron chi connectivity index (χ4n) is 3.51. The zero-order valence-electron chi connectivity index (χ0n) is 15.4. The normalized spacial score (nSPS) is 11.6. The molecule has 0 saturated heterocycles. The van der Waals surface area contributed by atoms with E-state index in [1.165, 1.54) is 11.5 Å². The fraction of sp³-hybridized carbons (Fsp3) is 0.250. The van der Waals surface area contributed by atoms with Crippen LogP contribution in [0.5, 0.6) is 0 Å². The van der Waals surface area contributed by atoms with Crippen LogP contribution in [0.25, 0.3) is 27.2 Å². The van der Waals surface area contributed by atoms with Gasteiger partial charge in [-0.05, 0) is 45.3 Å². The molecule has 0 aliphatic rings. The molecule has 2 heterocycles. The summed E-state index contributed by atoms with van der Waals surface area (Å²) in [7, 11) is 3.80. The molecule has 0 fully saturated rings. The first-order chi connectivity index (χ1) is 12.4. The minimum Gasteiger partial charge on any atom is -0.308 e. The van der Waals surface area contributed by atoms with Crippen LogP contribution in [0.3, 0.4) is 0 Å². The van der Waals surface area contributed by atoms with E-state index in [9.17, 15) is 14.4 Å². The van der Waals surface area contributed by atoms with E-state index < -0.39 is 0 Å². The quantitative estimate of drug-likeness (QED) is 0.506. The molecule has 2 aromatic heterocycles. The van der Waals surface area contributed by atoms with Gasteiger partial charge in [0.15, 0.2) is 5.78 Å². The number of aromatic nitrogens is 2. The van der Waals surface area contributed by atoms with Crippen LogP contribution in [-0.4, -0.2) is 40.3 Å². The molecule has 4 aromatic rings. The van der Waals surface area contributed by atoms with E-state index >= 15 is 0 Å². The number of rotatable bonds is 4. The third-order valence-electron chi connectivity index (χ3n) is 4.86. The molecule has 0 amide bonds. The minimum absolute atomic E-state index is 0. The van der Waals surface area contributed by atoms with Gasteiger partial charge in [0.05, 0.1) is 16.4 Å². The summed E-state index contributed by atoms with van der Waals surface area (Å²) in [5, 5.41) is 2.14. The summed E-state index contributed by atoms with van der Waals surface area (Å²) in [5.41, 5.74) is 1.31. The lowest BCUT2D eigenvalue weighted by Crippen LogP contribution is -2.39. The third kappa shape index (κ3) is 2.81. The van der Waals surface area contributed by atoms with Crippen LogP contribution >= 0.6 is 12.4 Å². The van der Waals surface area contributed by atoms with Gasteiger partial charge in [-0.2, -0.15) is 0 Å². The maximum atomic E-state index is 13.1. The van der Waals surface area contributed by atoms with E-state index in [1.807, 2.05) is 31.1 Å². The number of carbonyl (C=O) groups is 1. The molecule has 27 heavy (non-hydrogen) atoms. The molecule has 0 aliphatic carbocycles. The van der Waals surface area contributed by atoms with Crippen LogP contribution in [0.4, 0.5) is 0 Å². The monoisotopic (exact) mass is 385 g/mol. The van der Waals surface area contributed by atoms with Crippen molar-refractivity contribution in [1.29, 1.82) is 0 Å². The van der Waals surface area contributed by atoms with Gasteiger partial charge in [-0.3, -0.25) is 18.6 Å². The predicted octanol–water partition coefficient (Wildman–Crippen LogP) is 2.39. The summed E-state index contributed by atoms with van der Waals surface area (Å²) in [6.45, 7) is 2.43. The van der Waals surface area contributed by atoms with E-state index in [4.69, 9.17) is 0 Å².